The van der Waals surface area contributed by atoms with Crippen LogP contribution >= 0.6 is 0 Å². The molecule has 0 aromatic rings. The molecular weight excluding hydrogens is 209 g/mol. The first-order valence-electron chi connectivity index (χ1n) is 6.10. The fraction of sp³-hybridized carbons (Fsp3) is 0.917. The van der Waals surface area contributed by atoms with Gasteiger partial charge in [0.25, 0.3) is 0 Å². The van der Waals surface area contributed by atoms with Crippen LogP contribution in [0.2, 0.25) is 0 Å². The predicted octanol–water partition coefficient (Wildman–Crippen LogP) is 2.01. The SMILES string of the molecule is CCOC(=O)[C@@H]1CC[C@H](C)N(CCF)[C@@H]1C. The van der Waals surface area contributed by atoms with Crippen molar-refractivity contribution in [2.45, 2.75) is 45.7 Å². The minimum absolute atomic E-state index is 0.0820. The van der Waals surface area contributed by atoms with E-state index in [0.717, 1.165) is 12.8 Å². The van der Waals surface area contributed by atoms with E-state index in [-0.39, 0.29) is 24.6 Å². The van der Waals surface area contributed by atoms with Crippen LogP contribution in [0.25, 0.3) is 0 Å². The van der Waals surface area contributed by atoms with Gasteiger partial charge in [0.1, 0.15) is 6.67 Å². The molecule has 0 aromatic heterocycles. The third kappa shape index (κ3) is 2.94. The quantitative estimate of drug-likeness (QED) is 0.693. The molecule has 1 fully saturated rings. The second kappa shape index (κ2) is 6.18. The van der Waals surface area contributed by atoms with Crippen LogP contribution in [0.4, 0.5) is 4.39 Å². The van der Waals surface area contributed by atoms with Gasteiger partial charge in [0.05, 0.1) is 12.5 Å². The summed E-state index contributed by atoms with van der Waals surface area (Å²) in [6, 6.07) is 0.440. The van der Waals surface area contributed by atoms with E-state index >= 15 is 0 Å². The van der Waals surface area contributed by atoms with Gasteiger partial charge in [0.2, 0.25) is 0 Å². The van der Waals surface area contributed by atoms with Gasteiger partial charge in [-0.3, -0.25) is 9.69 Å². The van der Waals surface area contributed by atoms with Gasteiger partial charge in [-0.05, 0) is 33.6 Å². The highest BCUT2D eigenvalue weighted by Gasteiger charge is 2.36. The Hall–Kier alpha value is -0.640. The summed E-state index contributed by atoms with van der Waals surface area (Å²) < 4.78 is 17.5. The van der Waals surface area contributed by atoms with Crippen LogP contribution in [0.1, 0.15) is 33.6 Å². The fourth-order valence-corrected chi connectivity index (χ4v) is 2.55. The number of piperidine rings is 1. The second-order valence-electron chi connectivity index (χ2n) is 4.45. The molecule has 94 valence electrons. The summed E-state index contributed by atoms with van der Waals surface area (Å²) >= 11 is 0. The number of nitrogens with zero attached hydrogens (tertiary/aromatic N) is 1. The maximum absolute atomic E-state index is 12.4. The van der Waals surface area contributed by atoms with Crippen LogP contribution in [-0.2, 0) is 9.53 Å². The standard InChI is InChI=1S/C12H22FNO2/c1-4-16-12(15)11-6-5-9(2)14(8-7-13)10(11)3/h9-11H,4-8H2,1-3H3/t9-,10+,11+/m0/s1. The Kier molecular flexibility index (Phi) is 5.19. The smallest absolute Gasteiger partial charge is 0.310 e. The molecule has 1 rings (SSSR count). The predicted molar refractivity (Wildman–Crippen MR) is 61.0 cm³/mol. The Bertz CT molecular complexity index is 235. The average Bonchev–Trinajstić information content (AvgIpc) is 2.24. The molecule has 1 heterocycles. The number of halogens is 1. The lowest BCUT2D eigenvalue weighted by atomic mass is 9.87. The highest BCUT2D eigenvalue weighted by molar-refractivity contribution is 5.73. The monoisotopic (exact) mass is 231 g/mol. The number of ether oxygens (including phenoxy) is 1. The Morgan fingerprint density at radius 2 is 2.12 bits per heavy atom. The molecule has 3 atom stereocenters. The lowest BCUT2D eigenvalue weighted by Crippen LogP contribution is -2.51. The minimum atomic E-state index is -0.357. The van der Waals surface area contributed by atoms with E-state index in [1.807, 2.05) is 13.8 Å². The average molecular weight is 231 g/mol. The molecule has 0 radical (unpaired) electrons. The summed E-state index contributed by atoms with van der Waals surface area (Å²) in [6.07, 6.45) is 1.79. The van der Waals surface area contributed by atoms with Gasteiger partial charge in [0.15, 0.2) is 0 Å². The van der Waals surface area contributed by atoms with E-state index in [9.17, 15) is 9.18 Å². The maximum Gasteiger partial charge on any atom is 0.310 e. The first kappa shape index (κ1) is 13.4. The normalized spacial score (nSPS) is 31.4. The lowest BCUT2D eigenvalue weighted by molar-refractivity contribution is -0.153. The van der Waals surface area contributed by atoms with Crippen molar-refractivity contribution in [2.24, 2.45) is 5.92 Å². The zero-order valence-corrected chi connectivity index (χ0v) is 10.4. The van der Waals surface area contributed by atoms with Gasteiger partial charge >= 0.3 is 5.97 Å². The highest BCUT2D eigenvalue weighted by atomic mass is 19.1. The highest BCUT2D eigenvalue weighted by Crippen LogP contribution is 2.28. The molecule has 0 aliphatic carbocycles. The first-order valence-corrected chi connectivity index (χ1v) is 6.10. The minimum Gasteiger partial charge on any atom is -0.466 e. The first-order chi connectivity index (χ1) is 7.61. The van der Waals surface area contributed by atoms with Crippen LogP contribution in [0.5, 0.6) is 0 Å². The molecule has 0 saturated carbocycles. The molecule has 0 N–H and O–H groups in total. The number of carbonyl (C=O) groups is 1. The van der Waals surface area contributed by atoms with Crippen LogP contribution in [0.3, 0.4) is 0 Å². The number of alkyl halides is 1. The van der Waals surface area contributed by atoms with Crippen molar-refractivity contribution in [3.05, 3.63) is 0 Å². The van der Waals surface area contributed by atoms with E-state index in [1.165, 1.54) is 0 Å². The van der Waals surface area contributed by atoms with Gasteiger partial charge in [0, 0.05) is 18.6 Å². The van der Waals surface area contributed by atoms with Crippen molar-refractivity contribution in [1.82, 2.24) is 4.90 Å². The molecule has 3 nitrogen and oxygen atoms in total. The van der Waals surface area contributed by atoms with E-state index in [0.29, 0.717) is 19.2 Å². The topological polar surface area (TPSA) is 29.5 Å². The van der Waals surface area contributed by atoms with Crippen LogP contribution in [0, 0.1) is 5.92 Å². The zero-order chi connectivity index (χ0) is 12.1. The van der Waals surface area contributed by atoms with Gasteiger partial charge < -0.3 is 4.74 Å². The zero-order valence-electron chi connectivity index (χ0n) is 10.4. The van der Waals surface area contributed by atoms with Crippen LogP contribution in [-0.4, -0.2) is 42.8 Å². The number of rotatable bonds is 4. The molecule has 0 amide bonds. The molecule has 1 aliphatic heterocycles. The van der Waals surface area contributed by atoms with Gasteiger partial charge in [-0.25, -0.2) is 4.39 Å². The Morgan fingerprint density at radius 3 is 2.69 bits per heavy atom. The molecule has 1 saturated heterocycles. The number of esters is 1. The summed E-state index contributed by atoms with van der Waals surface area (Å²) in [5.41, 5.74) is 0. The molecule has 0 bridgehead atoms. The van der Waals surface area contributed by atoms with E-state index in [1.54, 1.807) is 0 Å². The van der Waals surface area contributed by atoms with E-state index < -0.39 is 0 Å². The molecule has 1 aliphatic rings. The molecule has 0 aromatic carbocycles. The molecule has 4 heteroatoms. The van der Waals surface area contributed by atoms with E-state index in [2.05, 4.69) is 11.8 Å². The molecular formula is C12H22FNO2. The van der Waals surface area contributed by atoms with Gasteiger partial charge in [-0.2, -0.15) is 0 Å². The number of carbonyl (C=O) groups excluding carboxylic acids is 1. The third-order valence-corrected chi connectivity index (χ3v) is 3.50. The van der Waals surface area contributed by atoms with Crippen molar-refractivity contribution in [3.63, 3.8) is 0 Å². The van der Waals surface area contributed by atoms with Crippen LogP contribution < -0.4 is 0 Å². The van der Waals surface area contributed by atoms with Crippen molar-refractivity contribution < 1.29 is 13.9 Å². The number of hydrogen-bond acceptors (Lipinski definition) is 3. The Balaban J connectivity index is 2.64. The molecule has 0 unspecified atom stereocenters. The van der Waals surface area contributed by atoms with Crippen molar-refractivity contribution >= 4 is 5.97 Å². The van der Waals surface area contributed by atoms with Crippen molar-refractivity contribution in [2.75, 3.05) is 19.8 Å². The largest absolute Gasteiger partial charge is 0.466 e. The Morgan fingerprint density at radius 1 is 1.44 bits per heavy atom. The van der Waals surface area contributed by atoms with Gasteiger partial charge in [-0.1, -0.05) is 0 Å². The summed E-state index contributed by atoms with van der Waals surface area (Å²) in [5, 5.41) is 0. The summed E-state index contributed by atoms with van der Waals surface area (Å²) in [4.78, 5) is 13.8. The Labute approximate surface area is 96.9 Å². The summed E-state index contributed by atoms with van der Waals surface area (Å²) in [7, 11) is 0. The third-order valence-electron chi connectivity index (χ3n) is 3.50. The summed E-state index contributed by atoms with van der Waals surface area (Å²) in [6.45, 7) is 6.37. The lowest BCUT2D eigenvalue weighted by Gasteiger charge is -2.42. The number of hydrogen-bond donors (Lipinski definition) is 0. The van der Waals surface area contributed by atoms with Crippen molar-refractivity contribution in [3.8, 4) is 0 Å². The van der Waals surface area contributed by atoms with Gasteiger partial charge in [-0.15, -0.1) is 0 Å². The van der Waals surface area contributed by atoms with Crippen LogP contribution in [0.15, 0.2) is 0 Å². The number of likely N-dealkylation sites (tertiary alicyclic amines) is 1. The molecule has 0 spiro atoms. The second-order valence-corrected chi connectivity index (χ2v) is 4.45. The summed E-state index contributed by atoms with van der Waals surface area (Å²) in [5.74, 6) is -0.228. The maximum atomic E-state index is 12.4. The van der Waals surface area contributed by atoms with E-state index in [4.69, 9.17) is 4.74 Å². The van der Waals surface area contributed by atoms with Crippen molar-refractivity contribution in [1.29, 1.82) is 0 Å². The fourth-order valence-electron chi connectivity index (χ4n) is 2.55. The molecule has 16 heavy (non-hydrogen) atoms.